The number of hydrogen-bond donors (Lipinski definition) is 2. The Labute approximate surface area is 90.2 Å². The first kappa shape index (κ1) is 10.2. The molecule has 0 aliphatic heterocycles. The van der Waals surface area contributed by atoms with Crippen LogP contribution in [0.25, 0.3) is 0 Å². The maximum Gasteiger partial charge on any atom is 0.343 e. The van der Waals surface area contributed by atoms with Gasteiger partial charge >= 0.3 is 11.7 Å². The van der Waals surface area contributed by atoms with Crippen LogP contribution in [0.15, 0.2) is 35.4 Å². The second-order valence-corrected chi connectivity index (χ2v) is 3.29. The third kappa shape index (κ3) is 2.00. The number of rotatable bonds is 3. The second-order valence-electron chi connectivity index (χ2n) is 3.29. The number of aromatic nitrogens is 3. The number of H-pyrrole nitrogens is 1. The molecule has 2 aromatic rings. The van der Waals surface area contributed by atoms with Crippen molar-refractivity contribution in [1.29, 1.82) is 0 Å². The molecule has 1 aromatic carbocycles. The van der Waals surface area contributed by atoms with Crippen molar-refractivity contribution in [3.8, 4) is 0 Å². The molecule has 2 N–H and O–H groups in total. The predicted molar refractivity (Wildman–Crippen MR) is 55.4 cm³/mol. The lowest BCUT2D eigenvalue weighted by molar-refractivity contribution is 0.0697. The number of aromatic carboxylic acids is 1. The van der Waals surface area contributed by atoms with Gasteiger partial charge in [-0.05, 0) is 17.7 Å². The van der Waals surface area contributed by atoms with Crippen LogP contribution in [0.2, 0.25) is 0 Å². The van der Waals surface area contributed by atoms with E-state index >= 15 is 0 Å². The third-order valence-electron chi connectivity index (χ3n) is 2.17. The molecule has 0 aliphatic rings. The average molecular weight is 219 g/mol. The van der Waals surface area contributed by atoms with Crippen LogP contribution in [0, 0.1) is 0 Å². The molecule has 0 unspecified atom stereocenters. The highest BCUT2D eigenvalue weighted by Gasteiger charge is 2.03. The highest BCUT2D eigenvalue weighted by molar-refractivity contribution is 5.87. The maximum absolute atomic E-state index is 11.1. The largest absolute Gasteiger partial charge is 0.478 e. The Bertz CT molecular complexity index is 553. The van der Waals surface area contributed by atoms with E-state index in [2.05, 4.69) is 10.2 Å². The fraction of sp³-hybridized carbons (Fsp3) is 0.100. The molecule has 0 radical (unpaired) electrons. The summed E-state index contributed by atoms with van der Waals surface area (Å²) in [6, 6.07) is 6.34. The summed E-state index contributed by atoms with van der Waals surface area (Å²) in [6.07, 6.45) is 1.40. The molecule has 0 saturated heterocycles. The third-order valence-corrected chi connectivity index (χ3v) is 2.17. The molecule has 0 atom stereocenters. The smallest absolute Gasteiger partial charge is 0.343 e. The highest BCUT2D eigenvalue weighted by atomic mass is 16.4. The Morgan fingerprint density at radius 1 is 1.38 bits per heavy atom. The van der Waals surface area contributed by atoms with E-state index in [0.29, 0.717) is 6.54 Å². The Morgan fingerprint density at radius 3 is 2.56 bits per heavy atom. The van der Waals surface area contributed by atoms with E-state index in [1.165, 1.54) is 23.0 Å². The first-order valence-electron chi connectivity index (χ1n) is 4.59. The van der Waals surface area contributed by atoms with Crippen molar-refractivity contribution in [1.82, 2.24) is 14.8 Å². The number of carboxylic acids is 1. The van der Waals surface area contributed by atoms with Crippen LogP contribution in [-0.2, 0) is 6.54 Å². The average Bonchev–Trinajstić information content (AvgIpc) is 2.65. The molecule has 0 saturated carbocycles. The fourth-order valence-corrected chi connectivity index (χ4v) is 1.33. The standard InChI is InChI=1S/C10H9N3O3/c14-9(15)8-3-1-7(2-4-8)5-13-6-11-12-10(13)16/h1-4,6H,5H2,(H,12,16)(H,14,15). The van der Waals surface area contributed by atoms with E-state index in [-0.39, 0.29) is 11.3 Å². The molecule has 0 spiro atoms. The Balaban J connectivity index is 2.20. The van der Waals surface area contributed by atoms with Gasteiger partial charge in [0.15, 0.2) is 0 Å². The van der Waals surface area contributed by atoms with Gasteiger partial charge in [0.1, 0.15) is 6.33 Å². The van der Waals surface area contributed by atoms with Crippen LogP contribution in [0.5, 0.6) is 0 Å². The van der Waals surface area contributed by atoms with E-state index in [1.807, 2.05) is 0 Å². The lowest BCUT2D eigenvalue weighted by atomic mass is 10.1. The molecular weight excluding hydrogens is 210 g/mol. The predicted octanol–water partition coefficient (Wildman–Crippen LogP) is 0.318. The minimum atomic E-state index is -0.966. The first-order valence-corrected chi connectivity index (χ1v) is 4.59. The molecule has 16 heavy (non-hydrogen) atoms. The van der Waals surface area contributed by atoms with E-state index in [0.717, 1.165) is 5.56 Å². The summed E-state index contributed by atoms with van der Waals surface area (Å²) in [4.78, 5) is 21.8. The Kier molecular flexibility index (Phi) is 2.55. The number of carbonyl (C=O) groups is 1. The van der Waals surface area contributed by atoms with Crippen LogP contribution in [0.4, 0.5) is 0 Å². The molecule has 82 valence electrons. The SMILES string of the molecule is O=C(O)c1ccc(Cn2cn[nH]c2=O)cc1. The zero-order chi connectivity index (χ0) is 11.5. The van der Waals surface area contributed by atoms with Gasteiger partial charge in [-0.3, -0.25) is 4.57 Å². The number of nitrogens with zero attached hydrogens (tertiary/aromatic N) is 2. The van der Waals surface area contributed by atoms with Crippen molar-refractivity contribution in [2.75, 3.05) is 0 Å². The Hall–Kier alpha value is -2.37. The van der Waals surface area contributed by atoms with Crippen LogP contribution in [0.3, 0.4) is 0 Å². The fourth-order valence-electron chi connectivity index (χ4n) is 1.33. The van der Waals surface area contributed by atoms with Gasteiger partial charge in [-0.15, -0.1) is 0 Å². The van der Waals surface area contributed by atoms with E-state index in [4.69, 9.17) is 5.11 Å². The van der Waals surface area contributed by atoms with Gasteiger partial charge in [-0.1, -0.05) is 12.1 Å². The monoisotopic (exact) mass is 219 g/mol. The van der Waals surface area contributed by atoms with Crippen LogP contribution in [-0.4, -0.2) is 25.8 Å². The van der Waals surface area contributed by atoms with Crippen molar-refractivity contribution in [2.45, 2.75) is 6.54 Å². The van der Waals surface area contributed by atoms with Crippen molar-refractivity contribution >= 4 is 5.97 Å². The lowest BCUT2D eigenvalue weighted by Gasteiger charge is -2.01. The zero-order valence-corrected chi connectivity index (χ0v) is 8.25. The molecule has 0 amide bonds. The summed E-state index contributed by atoms with van der Waals surface area (Å²) in [5, 5.41) is 14.6. The van der Waals surface area contributed by atoms with Crippen LogP contribution < -0.4 is 5.69 Å². The van der Waals surface area contributed by atoms with E-state index < -0.39 is 5.97 Å². The maximum atomic E-state index is 11.1. The van der Waals surface area contributed by atoms with Gasteiger partial charge in [0, 0.05) is 0 Å². The topological polar surface area (TPSA) is 88.0 Å². The minimum absolute atomic E-state index is 0.225. The molecule has 1 aromatic heterocycles. The van der Waals surface area contributed by atoms with Crippen molar-refractivity contribution in [3.63, 3.8) is 0 Å². The number of benzene rings is 1. The van der Waals surface area contributed by atoms with Crippen molar-refractivity contribution in [3.05, 3.63) is 52.2 Å². The molecule has 6 heteroatoms. The molecule has 0 aliphatic carbocycles. The Morgan fingerprint density at radius 2 is 2.06 bits per heavy atom. The van der Waals surface area contributed by atoms with Gasteiger partial charge in [-0.2, -0.15) is 5.10 Å². The number of nitrogens with one attached hydrogen (secondary N) is 1. The number of hydrogen-bond acceptors (Lipinski definition) is 3. The van der Waals surface area contributed by atoms with Gasteiger partial charge in [0.25, 0.3) is 0 Å². The summed E-state index contributed by atoms with van der Waals surface area (Å²) >= 11 is 0. The van der Waals surface area contributed by atoms with Crippen molar-refractivity contribution < 1.29 is 9.90 Å². The van der Waals surface area contributed by atoms with Gasteiger partial charge in [0.2, 0.25) is 0 Å². The summed E-state index contributed by atoms with van der Waals surface area (Å²) in [7, 11) is 0. The lowest BCUT2D eigenvalue weighted by Crippen LogP contribution is -2.16. The molecule has 0 fully saturated rings. The summed E-state index contributed by atoms with van der Waals surface area (Å²) in [5.41, 5.74) is 0.777. The van der Waals surface area contributed by atoms with Gasteiger partial charge in [-0.25, -0.2) is 14.7 Å². The second kappa shape index (κ2) is 4.01. The van der Waals surface area contributed by atoms with Crippen molar-refractivity contribution in [2.24, 2.45) is 0 Å². The summed E-state index contributed by atoms with van der Waals surface area (Å²) < 4.78 is 1.40. The van der Waals surface area contributed by atoms with Gasteiger partial charge < -0.3 is 5.11 Å². The van der Waals surface area contributed by atoms with E-state index in [9.17, 15) is 9.59 Å². The zero-order valence-electron chi connectivity index (χ0n) is 8.25. The normalized spacial score (nSPS) is 10.2. The van der Waals surface area contributed by atoms with Crippen LogP contribution >= 0.6 is 0 Å². The molecule has 2 rings (SSSR count). The summed E-state index contributed by atoms with van der Waals surface area (Å²) in [5.74, 6) is -0.966. The summed E-state index contributed by atoms with van der Waals surface area (Å²) in [6.45, 7) is 0.370. The molecule has 1 heterocycles. The number of carboxylic acid groups (broad SMARTS) is 1. The van der Waals surface area contributed by atoms with Crippen LogP contribution in [0.1, 0.15) is 15.9 Å². The first-order chi connectivity index (χ1) is 7.66. The highest BCUT2D eigenvalue weighted by Crippen LogP contribution is 2.05. The van der Waals surface area contributed by atoms with E-state index in [1.54, 1.807) is 12.1 Å². The molecular formula is C10H9N3O3. The minimum Gasteiger partial charge on any atom is -0.478 e. The molecule has 6 nitrogen and oxygen atoms in total. The van der Waals surface area contributed by atoms with Gasteiger partial charge in [0.05, 0.1) is 12.1 Å². The molecule has 0 bridgehead atoms. The quantitative estimate of drug-likeness (QED) is 0.778. The number of aromatic amines is 1.